The Bertz CT molecular complexity index is 1980. The highest BCUT2D eigenvalue weighted by Crippen LogP contribution is 2.30. The molecule has 0 bridgehead atoms. The van der Waals surface area contributed by atoms with E-state index in [-0.39, 0.29) is 4.89 Å². The summed E-state index contributed by atoms with van der Waals surface area (Å²) in [5.41, 5.74) is -13.3. The lowest BCUT2D eigenvalue weighted by atomic mass is 9.12. The van der Waals surface area contributed by atoms with E-state index in [1.165, 1.54) is 0 Å². The molecule has 0 heterocycles. The first-order valence-corrected chi connectivity index (χ1v) is 14.0. The third-order valence-electron chi connectivity index (χ3n) is 7.98. The first-order valence-electron chi connectivity index (χ1n) is 14.4. The zero-order valence-electron chi connectivity index (χ0n) is 27.0. The number of benzene rings is 5. The van der Waals surface area contributed by atoms with E-state index >= 15 is 35.1 Å². The van der Waals surface area contributed by atoms with Crippen LogP contribution in [0.25, 0.3) is 0 Å². The highest BCUT2D eigenvalue weighted by molar-refractivity contribution is 7.20. The molecule has 0 aliphatic carbocycles. The Morgan fingerprint density at radius 2 is 0.481 bits per heavy atom. The molecule has 0 saturated carbocycles. The van der Waals surface area contributed by atoms with E-state index in [0.29, 0.717) is 0 Å². The average molecular weight is 802 g/mol. The predicted molar refractivity (Wildman–Crippen MR) is 148 cm³/mol. The molecule has 0 spiro atoms. The van der Waals surface area contributed by atoms with Gasteiger partial charge < -0.3 is 4.89 Å². The van der Waals surface area contributed by atoms with Crippen molar-refractivity contribution in [1.29, 1.82) is 0 Å². The largest absolute Gasteiger partial charge is 0.353 e. The topological polar surface area (TPSA) is 4.44 Å². The fourth-order valence-corrected chi connectivity index (χ4v) is 5.60. The van der Waals surface area contributed by atoms with E-state index < -0.39 is 144 Å². The summed E-state index contributed by atoms with van der Waals surface area (Å²) in [5, 5.41) is 0. The Morgan fingerprint density at radius 3 is 0.630 bits per heavy atom. The second-order valence-electron chi connectivity index (χ2n) is 11.0. The summed E-state index contributed by atoms with van der Waals surface area (Å²) in [6.45, 7) is 0. The van der Waals surface area contributed by atoms with Crippen molar-refractivity contribution in [2.45, 2.75) is 0 Å². The van der Waals surface area contributed by atoms with Crippen LogP contribution in [0.5, 0.6) is 0 Å². The fraction of sp³-hybridized carbons (Fsp3) is 0.0625. The number of hydrogen-bond donors (Lipinski definition) is 1. The lowest BCUT2D eigenvalue weighted by Gasteiger charge is -2.44. The van der Waals surface area contributed by atoms with Gasteiger partial charge in [0.1, 0.15) is 58.4 Å². The first-order chi connectivity index (χ1) is 25.3. The maximum absolute atomic E-state index is 15.4. The third kappa shape index (κ3) is 6.08. The minimum Gasteiger partial charge on any atom is -0.307 e. The molecule has 5 aromatic carbocycles. The van der Waals surface area contributed by atoms with Gasteiger partial charge in [-0.2, -0.15) is 0 Å². The Balaban J connectivity index is 0.000000583. The lowest BCUT2D eigenvalue weighted by molar-refractivity contribution is -0.786. The molecule has 0 atom stereocenters. The van der Waals surface area contributed by atoms with Crippen LogP contribution in [-0.2, 0) is 0 Å². The summed E-state index contributed by atoms with van der Waals surface area (Å²) in [7, 11) is 3.66. The average Bonchev–Trinajstić information content (AvgIpc) is 3.15. The molecule has 0 fully saturated rings. The lowest BCUT2D eigenvalue weighted by Crippen LogP contribution is -3.00. The molecule has 1 nitrogen and oxygen atoms in total. The number of rotatable bonds is 5. The first kappa shape index (κ1) is 39.9. The van der Waals surface area contributed by atoms with Crippen molar-refractivity contribution in [3.8, 4) is 0 Å². The number of quaternary nitrogens is 1. The second-order valence-corrected chi connectivity index (χ2v) is 11.0. The smallest absolute Gasteiger partial charge is 0.307 e. The van der Waals surface area contributed by atoms with Crippen molar-refractivity contribution < 1.29 is 94.1 Å². The summed E-state index contributed by atoms with van der Waals surface area (Å²) in [5.74, 6) is -71.4. The van der Waals surface area contributed by atoms with Crippen molar-refractivity contribution in [3.05, 3.63) is 147 Å². The summed E-state index contributed by atoms with van der Waals surface area (Å²) >= 11 is 0. The molecule has 1 N–H and O–H groups in total. The maximum atomic E-state index is 15.4. The standard InChI is InChI=1S/C24BF20.C8H11N/c26-5-1(6(27)14(35)21(42)13(5)34)25(2-7(28)15(36)22(43)16(37)8(2)29,3-9(30)17(38)23(44)18(39)10(3)31)4-11(32)19(40)24(45)20(41)12(4)33;1-9(2)8-6-4-3-5-7-8/h;3-7H,1-2H3/q-1;/p+1/i/hD. The number of nitrogens with one attached hydrogen (secondary N) is 1. The van der Waals surface area contributed by atoms with Crippen LogP contribution in [0, 0.1) is 116 Å². The van der Waals surface area contributed by atoms with Gasteiger partial charge in [0.15, 0.2) is 69.8 Å². The molecule has 0 radical (unpaired) electrons. The van der Waals surface area contributed by atoms with E-state index in [1.54, 1.807) is 0 Å². The van der Waals surface area contributed by atoms with Gasteiger partial charge in [0.25, 0.3) is 0 Å². The Hall–Kier alpha value is -5.28. The third-order valence-corrected chi connectivity index (χ3v) is 7.98. The summed E-state index contributed by atoms with van der Waals surface area (Å²) in [4.78, 5) is 0.140. The molecule has 288 valence electrons. The summed E-state index contributed by atoms with van der Waals surface area (Å²) in [6, 6.07) is 9.76. The highest BCUT2D eigenvalue weighted by Gasteiger charge is 2.52. The Morgan fingerprint density at radius 1 is 0.315 bits per heavy atom. The van der Waals surface area contributed by atoms with Crippen LogP contribution in [0.2, 0.25) is 1.41 Å². The highest BCUT2D eigenvalue weighted by atomic mass is 19.2. The van der Waals surface area contributed by atoms with E-state index in [0.717, 1.165) is 5.69 Å². The van der Waals surface area contributed by atoms with Gasteiger partial charge in [0.2, 0.25) is 0 Å². The van der Waals surface area contributed by atoms with Crippen LogP contribution in [0.1, 0.15) is 0 Å². The molecule has 22 heteroatoms. The van der Waals surface area contributed by atoms with E-state index in [2.05, 4.69) is 0 Å². The zero-order chi connectivity index (χ0) is 42.0. The molecule has 54 heavy (non-hydrogen) atoms. The molecule has 0 aromatic heterocycles. The maximum Gasteiger partial charge on any atom is 0.353 e. The van der Waals surface area contributed by atoms with Crippen LogP contribution in [-0.4, -0.2) is 20.2 Å². The van der Waals surface area contributed by atoms with Crippen molar-refractivity contribution in [2.24, 2.45) is 0 Å². The normalized spacial score (nSPS) is 12.1. The van der Waals surface area contributed by atoms with Gasteiger partial charge in [-0.3, -0.25) is 0 Å². The number of hydrogen-bond acceptors (Lipinski definition) is 0. The summed E-state index contributed by atoms with van der Waals surface area (Å²) < 4.78 is 302. The molecular formula is C32H12BF20N. The van der Waals surface area contributed by atoms with E-state index in [9.17, 15) is 52.7 Å². The molecule has 0 saturated heterocycles. The van der Waals surface area contributed by atoms with Gasteiger partial charge in [-0.1, -0.05) is 18.2 Å². The minimum atomic E-state index is -7.22. The molecule has 0 aliphatic heterocycles. The molecular weight excluding hydrogens is 789 g/mol. The quantitative estimate of drug-likeness (QED) is 0.0922. The summed E-state index contributed by atoms with van der Waals surface area (Å²) in [6.07, 6.45) is -7.22. The number of halogens is 20. The Labute approximate surface area is 289 Å². The molecule has 0 amide bonds. The van der Waals surface area contributed by atoms with Crippen LogP contribution < -0.4 is 26.7 Å². The van der Waals surface area contributed by atoms with Gasteiger partial charge >= 0.3 is 1.41 Å². The predicted octanol–water partition coefficient (Wildman–Crippen LogP) is 6.31. The van der Waals surface area contributed by atoms with Gasteiger partial charge in [-0.05, 0) is 12.1 Å². The van der Waals surface area contributed by atoms with E-state index in [1.807, 2.05) is 44.4 Å². The number of para-hydroxylation sites is 1. The van der Waals surface area contributed by atoms with Crippen molar-refractivity contribution >= 4 is 33.7 Å². The molecule has 5 aromatic rings. The Kier molecular flexibility index (Phi) is 11.0. The zero-order valence-corrected chi connectivity index (χ0v) is 26.0. The van der Waals surface area contributed by atoms with Crippen molar-refractivity contribution in [1.82, 2.24) is 0 Å². The van der Waals surface area contributed by atoms with Crippen molar-refractivity contribution in [3.63, 3.8) is 0 Å². The van der Waals surface area contributed by atoms with Gasteiger partial charge in [-0.25, -0.2) is 87.8 Å². The van der Waals surface area contributed by atoms with Gasteiger partial charge in [0, 0.05) is 0 Å². The molecule has 5 rings (SSSR count). The van der Waals surface area contributed by atoms with Gasteiger partial charge in [-0.15, -0.1) is 21.9 Å². The monoisotopic (exact) mass is 802 g/mol. The SMILES string of the molecule is Fc1c(F)c(F)c([B-](c2c(F)c(F)c(F)c(F)c2F)(c2c(F)c(F)c(F)c(F)c2F)c2c(F)c(F)c(F)c(F)c2F)c(F)c1F.[2H][N+](C)(C)c1ccccc1. The molecule has 0 unspecified atom stereocenters. The van der Waals surface area contributed by atoms with Crippen LogP contribution in [0.3, 0.4) is 0 Å². The molecule has 0 aliphatic rings. The van der Waals surface area contributed by atoms with E-state index in [4.69, 9.17) is 1.41 Å². The van der Waals surface area contributed by atoms with Gasteiger partial charge in [0.05, 0.1) is 14.1 Å². The van der Waals surface area contributed by atoms with Crippen molar-refractivity contribution in [2.75, 3.05) is 14.1 Å². The van der Waals surface area contributed by atoms with Crippen LogP contribution >= 0.6 is 0 Å². The second kappa shape index (κ2) is 14.9. The van der Waals surface area contributed by atoms with Crippen LogP contribution in [0.15, 0.2) is 30.3 Å². The minimum absolute atomic E-state index is 0.140. The fourth-order valence-electron chi connectivity index (χ4n) is 5.60. The van der Waals surface area contributed by atoms with Crippen LogP contribution in [0.4, 0.5) is 93.5 Å².